The van der Waals surface area contributed by atoms with Gasteiger partial charge in [-0.2, -0.15) is 5.10 Å². The topological polar surface area (TPSA) is 39.1 Å². The fourth-order valence-corrected chi connectivity index (χ4v) is 2.10. The van der Waals surface area contributed by atoms with Gasteiger partial charge >= 0.3 is 0 Å². The third kappa shape index (κ3) is 3.12. The van der Waals surface area contributed by atoms with Crippen LogP contribution in [0, 0.1) is 5.82 Å². The van der Waals surface area contributed by atoms with E-state index in [0.717, 1.165) is 5.56 Å². The van der Waals surface area contributed by atoms with Crippen LogP contribution in [-0.4, -0.2) is 23.9 Å². The van der Waals surface area contributed by atoms with Gasteiger partial charge in [0.05, 0.1) is 13.3 Å². The lowest BCUT2D eigenvalue weighted by molar-refractivity contribution is 0.409. The number of halogens is 1. The van der Waals surface area contributed by atoms with Crippen LogP contribution in [0.4, 0.5) is 4.39 Å². The van der Waals surface area contributed by atoms with Crippen LogP contribution >= 0.6 is 0 Å². The zero-order valence-electron chi connectivity index (χ0n) is 11.4. The maximum atomic E-state index is 14.0. The number of benzene rings is 1. The van der Waals surface area contributed by atoms with Gasteiger partial charge in [-0.15, -0.1) is 0 Å². The molecule has 1 N–H and O–H groups in total. The first-order valence-corrected chi connectivity index (χ1v) is 6.12. The van der Waals surface area contributed by atoms with Gasteiger partial charge in [-0.05, 0) is 25.1 Å². The number of likely N-dealkylation sites (N-methyl/N-ethyl adjacent to an activating group) is 1. The number of rotatable bonds is 5. The summed E-state index contributed by atoms with van der Waals surface area (Å²) in [5, 5.41) is 7.26. The highest BCUT2D eigenvalue weighted by Gasteiger charge is 2.16. The van der Waals surface area contributed by atoms with E-state index in [4.69, 9.17) is 4.74 Å². The molecule has 0 saturated carbocycles. The zero-order chi connectivity index (χ0) is 13.8. The number of aryl methyl sites for hydroxylation is 1. The lowest BCUT2D eigenvalue weighted by atomic mass is 10.00. The van der Waals surface area contributed by atoms with Crippen LogP contribution in [0.25, 0.3) is 0 Å². The molecule has 0 amide bonds. The Morgan fingerprint density at radius 1 is 1.47 bits per heavy atom. The number of nitrogens with one attached hydrogen (secondary N) is 1. The Bertz CT molecular complexity index is 553. The molecule has 1 aromatic heterocycles. The molecule has 1 aromatic carbocycles. The number of nitrogens with zero attached hydrogens (tertiary/aromatic N) is 2. The van der Waals surface area contributed by atoms with Gasteiger partial charge in [-0.3, -0.25) is 4.68 Å². The second-order valence-electron chi connectivity index (χ2n) is 4.46. The minimum Gasteiger partial charge on any atom is -0.497 e. The fraction of sp³-hybridized carbons (Fsp3) is 0.357. The van der Waals surface area contributed by atoms with Crippen molar-refractivity contribution in [3.63, 3.8) is 0 Å². The molecule has 0 aliphatic carbocycles. The monoisotopic (exact) mass is 263 g/mol. The maximum absolute atomic E-state index is 14.0. The summed E-state index contributed by atoms with van der Waals surface area (Å²) in [5.41, 5.74) is 1.70. The van der Waals surface area contributed by atoms with Gasteiger partial charge in [0.25, 0.3) is 0 Å². The summed E-state index contributed by atoms with van der Waals surface area (Å²) < 4.78 is 20.8. The molecule has 1 heterocycles. The van der Waals surface area contributed by atoms with Crippen LogP contribution in [0.1, 0.15) is 17.2 Å². The van der Waals surface area contributed by atoms with Crippen molar-refractivity contribution in [3.8, 4) is 5.75 Å². The fourth-order valence-electron chi connectivity index (χ4n) is 2.10. The highest BCUT2D eigenvalue weighted by Crippen LogP contribution is 2.24. The summed E-state index contributed by atoms with van der Waals surface area (Å²) in [6.07, 6.45) is 4.42. The van der Waals surface area contributed by atoms with Gasteiger partial charge in [-0.25, -0.2) is 4.39 Å². The summed E-state index contributed by atoms with van der Waals surface area (Å²) >= 11 is 0. The van der Waals surface area contributed by atoms with Crippen molar-refractivity contribution in [2.24, 2.45) is 7.05 Å². The SMILES string of the molecule is CNC(Cc1cnn(C)c1)c1ccc(OC)cc1F. The second kappa shape index (κ2) is 5.84. The molecule has 0 bridgehead atoms. The highest BCUT2D eigenvalue weighted by molar-refractivity contribution is 5.31. The lowest BCUT2D eigenvalue weighted by Crippen LogP contribution is -2.20. The largest absolute Gasteiger partial charge is 0.497 e. The molecule has 0 aliphatic rings. The molecule has 0 fully saturated rings. The van der Waals surface area contributed by atoms with Crippen LogP contribution in [0.2, 0.25) is 0 Å². The van der Waals surface area contributed by atoms with E-state index >= 15 is 0 Å². The molecule has 0 aliphatic heterocycles. The van der Waals surface area contributed by atoms with Crippen LogP contribution in [0.5, 0.6) is 5.75 Å². The molecule has 5 heteroatoms. The van der Waals surface area contributed by atoms with E-state index in [1.165, 1.54) is 13.2 Å². The van der Waals surface area contributed by atoms with Crippen molar-refractivity contribution >= 4 is 0 Å². The molecule has 0 radical (unpaired) electrons. The Kier molecular flexibility index (Phi) is 4.16. The molecule has 4 nitrogen and oxygen atoms in total. The number of hydrogen-bond donors (Lipinski definition) is 1. The summed E-state index contributed by atoms with van der Waals surface area (Å²) in [6.45, 7) is 0. The van der Waals surface area contributed by atoms with Gasteiger partial charge in [0.2, 0.25) is 0 Å². The third-order valence-corrected chi connectivity index (χ3v) is 3.13. The van der Waals surface area contributed by atoms with E-state index in [0.29, 0.717) is 17.7 Å². The van der Waals surface area contributed by atoms with Crippen molar-refractivity contribution in [3.05, 3.63) is 47.5 Å². The van der Waals surface area contributed by atoms with Crippen molar-refractivity contribution < 1.29 is 9.13 Å². The van der Waals surface area contributed by atoms with Crippen LogP contribution in [0.15, 0.2) is 30.6 Å². The number of aromatic nitrogens is 2. The minimum atomic E-state index is -0.261. The van der Waals surface area contributed by atoms with Gasteiger partial charge in [-0.1, -0.05) is 6.07 Å². The molecule has 19 heavy (non-hydrogen) atoms. The Labute approximate surface area is 112 Å². The lowest BCUT2D eigenvalue weighted by Gasteiger charge is -2.17. The molecule has 1 atom stereocenters. The molecule has 102 valence electrons. The van der Waals surface area contributed by atoms with Gasteiger partial charge in [0, 0.05) is 30.9 Å². The molecule has 0 spiro atoms. The third-order valence-electron chi connectivity index (χ3n) is 3.13. The van der Waals surface area contributed by atoms with E-state index in [1.54, 1.807) is 23.0 Å². The Morgan fingerprint density at radius 3 is 2.79 bits per heavy atom. The predicted octanol–water partition coefficient (Wildman–Crippen LogP) is 2.07. The smallest absolute Gasteiger partial charge is 0.131 e. The second-order valence-corrected chi connectivity index (χ2v) is 4.46. The number of hydrogen-bond acceptors (Lipinski definition) is 3. The Morgan fingerprint density at radius 2 is 2.26 bits per heavy atom. The van der Waals surface area contributed by atoms with E-state index in [2.05, 4.69) is 10.4 Å². The molecular weight excluding hydrogens is 245 g/mol. The summed E-state index contributed by atoms with van der Waals surface area (Å²) in [4.78, 5) is 0. The maximum Gasteiger partial charge on any atom is 0.131 e. The van der Waals surface area contributed by atoms with Crippen molar-refractivity contribution in [1.29, 1.82) is 0 Å². The molecule has 2 rings (SSSR count). The van der Waals surface area contributed by atoms with Crippen molar-refractivity contribution in [2.45, 2.75) is 12.5 Å². The number of methoxy groups -OCH3 is 1. The Hall–Kier alpha value is -1.88. The first kappa shape index (κ1) is 13.5. The van der Waals surface area contributed by atoms with E-state index < -0.39 is 0 Å². The molecule has 1 unspecified atom stereocenters. The van der Waals surface area contributed by atoms with E-state index in [-0.39, 0.29) is 11.9 Å². The highest BCUT2D eigenvalue weighted by atomic mass is 19.1. The Balaban J connectivity index is 2.21. The predicted molar refractivity (Wildman–Crippen MR) is 71.7 cm³/mol. The van der Waals surface area contributed by atoms with Crippen LogP contribution in [0.3, 0.4) is 0 Å². The first-order chi connectivity index (χ1) is 9.13. The van der Waals surface area contributed by atoms with Gasteiger partial charge in [0.15, 0.2) is 0 Å². The average molecular weight is 263 g/mol. The quantitative estimate of drug-likeness (QED) is 0.897. The van der Waals surface area contributed by atoms with E-state index in [1.807, 2.05) is 20.3 Å². The van der Waals surface area contributed by atoms with Crippen LogP contribution < -0.4 is 10.1 Å². The van der Waals surface area contributed by atoms with Crippen LogP contribution in [-0.2, 0) is 13.5 Å². The zero-order valence-corrected chi connectivity index (χ0v) is 11.4. The summed E-state index contributed by atoms with van der Waals surface area (Å²) in [5.74, 6) is 0.264. The van der Waals surface area contributed by atoms with Gasteiger partial charge in [0.1, 0.15) is 11.6 Å². The summed E-state index contributed by atoms with van der Waals surface area (Å²) in [7, 11) is 5.22. The molecule has 0 saturated heterocycles. The normalized spacial score (nSPS) is 12.4. The number of ether oxygens (including phenoxy) is 1. The standard InChI is InChI=1S/C14H18FN3O/c1-16-14(6-10-8-17-18(2)9-10)12-5-4-11(19-3)7-13(12)15/h4-5,7-9,14,16H,6H2,1-3H3. The first-order valence-electron chi connectivity index (χ1n) is 6.12. The van der Waals surface area contributed by atoms with Gasteiger partial charge < -0.3 is 10.1 Å². The van der Waals surface area contributed by atoms with Crippen molar-refractivity contribution in [2.75, 3.05) is 14.2 Å². The summed E-state index contributed by atoms with van der Waals surface area (Å²) in [6, 6.07) is 4.84. The average Bonchev–Trinajstić information content (AvgIpc) is 2.81. The van der Waals surface area contributed by atoms with Crippen molar-refractivity contribution in [1.82, 2.24) is 15.1 Å². The minimum absolute atomic E-state index is 0.0879. The molecule has 2 aromatic rings. The van der Waals surface area contributed by atoms with E-state index in [9.17, 15) is 4.39 Å². The molecular formula is C14H18FN3O.